The third kappa shape index (κ3) is 3.68. The number of carbonyl (C=O) groups excluding carboxylic acids is 1. The second-order valence-corrected chi connectivity index (χ2v) is 8.34. The summed E-state index contributed by atoms with van der Waals surface area (Å²) in [5.74, 6) is 0.0653. The fourth-order valence-electron chi connectivity index (χ4n) is 3.48. The van der Waals surface area contributed by atoms with Crippen LogP contribution >= 0.6 is 11.3 Å². The Hall–Kier alpha value is -2.99. The van der Waals surface area contributed by atoms with E-state index in [-0.39, 0.29) is 11.9 Å². The number of likely N-dealkylation sites (N-methyl/N-ethyl adjacent to an activating group) is 1. The van der Waals surface area contributed by atoms with Crippen LogP contribution in [0.1, 0.15) is 34.9 Å². The first-order chi connectivity index (χ1) is 14.0. The lowest BCUT2D eigenvalue weighted by Gasteiger charge is -2.23. The molecule has 0 saturated heterocycles. The summed E-state index contributed by atoms with van der Waals surface area (Å²) >= 11 is 1.64. The van der Waals surface area contributed by atoms with Crippen molar-refractivity contribution >= 4 is 27.5 Å². The molecule has 0 bridgehead atoms. The molecule has 0 aliphatic heterocycles. The van der Waals surface area contributed by atoms with Gasteiger partial charge in [-0.05, 0) is 45.0 Å². The Morgan fingerprint density at radius 2 is 1.79 bits per heavy atom. The standard InChI is InChI=1S/C23H24N4OS/c1-15-19(16(2)27(25-15)18-10-6-5-7-11-18)14-22(28)26(4)17(3)23-24-20-12-8-9-13-21(20)29-23/h5-13,17H,14H2,1-4H3/t17-/m1/s1. The van der Waals surface area contributed by atoms with Crippen molar-refractivity contribution in [3.63, 3.8) is 0 Å². The van der Waals surface area contributed by atoms with Gasteiger partial charge in [-0.25, -0.2) is 9.67 Å². The predicted molar refractivity (Wildman–Crippen MR) is 118 cm³/mol. The van der Waals surface area contributed by atoms with Crippen LogP contribution in [0.25, 0.3) is 15.9 Å². The summed E-state index contributed by atoms with van der Waals surface area (Å²) in [6, 6.07) is 18.0. The number of aryl methyl sites for hydroxylation is 1. The quantitative estimate of drug-likeness (QED) is 0.477. The Kier molecular flexibility index (Phi) is 5.20. The molecule has 2 aromatic carbocycles. The highest BCUT2D eigenvalue weighted by molar-refractivity contribution is 7.18. The minimum absolute atomic E-state index is 0.0653. The number of carbonyl (C=O) groups is 1. The van der Waals surface area contributed by atoms with Crippen LogP contribution in [0.3, 0.4) is 0 Å². The monoisotopic (exact) mass is 404 g/mol. The second-order valence-electron chi connectivity index (χ2n) is 7.27. The number of fused-ring (bicyclic) bond motifs is 1. The SMILES string of the molecule is Cc1nn(-c2ccccc2)c(C)c1CC(=O)N(C)[C@H](C)c1nc2ccccc2s1. The summed E-state index contributed by atoms with van der Waals surface area (Å²) < 4.78 is 3.06. The zero-order valence-electron chi connectivity index (χ0n) is 17.1. The molecular weight excluding hydrogens is 380 g/mol. The van der Waals surface area contributed by atoms with Gasteiger partial charge >= 0.3 is 0 Å². The molecule has 4 rings (SSSR count). The Morgan fingerprint density at radius 1 is 1.10 bits per heavy atom. The van der Waals surface area contributed by atoms with Gasteiger partial charge in [0, 0.05) is 18.3 Å². The fourth-order valence-corrected chi connectivity index (χ4v) is 4.54. The van der Waals surface area contributed by atoms with Crippen LogP contribution in [0, 0.1) is 13.8 Å². The van der Waals surface area contributed by atoms with Gasteiger partial charge in [0.15, 0.2) is 0 Å². The molecule has 0 spiro atoms. The van der Waals surface area contributed by atoms with E-state index in [0.717, 1.165) is 37.9 Å². The molecule has 0 N–H and O–H groups in total. The lowest BCUT2D eigenvalue weighted by molar-refractivity contribution is -0.131. The van der Waals surface area contributed by atoms with Crippen LogP contribution in [0.2, 0.25) is 0 Å². The minimum atomic E-state index is -0.0790. The molecule has 148 valence electrons. The van der Waals surface area contributed by atoms with E-state index in [1.807, 2.05) is 81.0 Å². The van der Waals surface area contributed by atoms with Crippen LogP contribution in [-0.4, -0.2) is 32.6 Å². The number of para-hydroxylation sites is 2. The van der Waals surface area contributed by atoms with Crippen molar-refractivity contribution < 1.29 is 4.79 Å². The van der Waals surface area contributed by atoms with Gasteiger partial charge < -0.3 is 4.90 Å². The normalized spacial score (nSPS) is 12.3. The van der Waals surface area contributed by atoms with Gasteiger partial charge in [-0.3, -0.25) is 4.79 Å². The first-order valence-corrected chi connectivity index (χ1v) is 10.5. The average molecular weight is 405 g/mol. The molecule has 2 heterocycles. The lowest BCUT2D eigenvalue weighted by Crippen LogP contribution is -2.31. The topological polar surface area (TPSA) is 51.0 Å². The van der Waals surface area contributed by atoms with Gasteiger partial charge in [-0.15, -0.1) is 11.3 Å². The Morgan fingerprint density at radius 3 is 2.52 bits per heavy atom. The van der Waals surface area contributed by atoms with Crippen molar-refractivity contribution in [3.8, 4) is 5.69 Å². The van der Waals surface area contributed by atoms with E-state index in [0.29, 0.717) is 6.42 Å². The maximum absolute atomic E-state index is 13.1. The molecule has 0 saturated carbocycles. The number of rotatable bonds is 5. The van der Waals surface area contributed by atoms with Crippen molar-refractivity contribution in [2.75, 3.05) is 7.05 Å². The van der Waals surface area contributed by atoms with Crippen LogP contribution in [0.5, 0.6) is 0 Å². The number of amides is 1. The van der Waals surface area contributed by atoms with Crippen molar-refractivity contribution in [3.05, 3.63) is 76.6 Å². The predicted octanol–water partition coefficient (Wildman–Crippen LogP) is 4.86. The van der Waals surface area contributed by atoms with Crippen molar-refractivity contribution in [2.24, 2.45) is 0 Å². The summed E-state index contributed by atoms with van der Waals surface area (Å²) in [7, 11) is 1.85. The van der Waals surface area contributed by atoms with E-state index in [1.54, 1.807) is 16.2 Å². The largest absolute Gasteiger partial charge is 0.336 e. The smallest absolute Gasteiger partial charge is 0.227 e. The van der Waals surface area contributed by atoms with Gasteiger partial charge in [0.25, 0.3) is 0 Å². The molecule has 29 heavy (non-hydrogen) atoms. The highest BCUT2D eigenvalue weighted by Crippen LogP contribution is 2.29. The Balaban J connectivity index is 1.55. The summed E-state index contributed by atoms with van der Waals surface area (Å²) in [6.07, 6.45) is 0.330. The molecule has 5 nitrogen and oxygen atoms in total. The molecule has 0 unspecified atom stereocenters. The van der Waals surface area contributed by atoms with E-state index in [9.17, 15) is 4.79 Å². The average Bonchev–Trinajstić information content (AvgIpc) is 3.29. The maximum Gasteiger partial charge on any atom is 0.227 e. The number of thiazole rings is 1. The zero-order chi connectivity index (χ0) is 20.5. The van der Waals surface area contributed by atoms with Crippen LogP contribution in [0.15, 0.2) is 54.6 Å². The molecule has 0 fully saturated rings. The summed E-state index contributed by atoms with van der Waals surface area (Å²) in [6.45, 7) is 6.02. The Labute approximate surface area is 174 Å². The van der Waals surface area contributed by atoms with Gasteiger partial charge in [-0.2, -0.15) is 5.10 Å². The first kappa shape index (κ1) is 19.3. The van der Waals surface area contributed by atoms with E-state index < -0.39 is 0 Å². The molecule has 4 aromatic rings. The highest BCUT2D eigenvalue weighted by atomic mass is 32.1. The molecule has 0 aliphatic rings. The molecule has 1 amide bonds. The van der Waals surface area contributed by atoms with Crippen molar-refractivity contribution in [1.29, 1.82) is 0 Å². The van der Waals surface area contributed by atoms with E-state index in [2.05, 4.69) is 11.2 Å². The first-order valence-electron chi connectivity index (χ1n) is 9.67. The third-order valence-electron chi connectivity index (χ3n) is 5.41. The summed E-state index contributed by atoms with van der Waals surface area (Å²) in [5, 5.41) is 5.61. The number of nitrogens with zero attached hydrogens (tertiary/aromatic N) is 4. The third-order valence-corrected chi connectivity index (χ3v) is 6.62. The summed E-state index contributed by atoms with van der Waals surface area (Å²) in [4.78, 5) is 19.6. The number of benzene rings is 2. The molecule has 2 aromatic heterocycles. The number of aromatic nitrogens is 3. The van der Waals surface area contributed by atoms with Crippen molar-refractivity contribution in [2.45, 2.75) is 33.2 Å². The van der Waals surface area contributed by atoms with Gasteiger partial charge in [0.05, 0.1) is 34.1 Å². The minimum Gasteiger partial charge on any atom is -0.336 e. The summed E-state index contributed by atoms with van der Waals surface area (Å²) in [5.41, 5.74) is 4.87. The highest BCUT2D eigenvalue weighted by Gasteiger charge is 2.23. The number of hydrogen-bond donors (Lipinski definition) is 0. The van der Waals surface area contributed by atoms with Gasteiger partial charge in [-0.1, -0.05) is 30.3 Å². The molecule has 1 atom stereocenters. The molecule has 0 radical (unpaired) electrons. The van der Waals surface area contributed by atoms with Gasteiger partial charge in [0.1, 0.15) is 5.01 Å². The van der Waals surface area contributed by atoms with Crippen molar-refractivity contribution in [1.82, 2.24) is 19.7 Å². The maximum atomic E-state index is 13.1. The lowest BCUT2D eigenvalue weighted by atomic mass is 10.1. The van der Waals surface area contributed by atoms with Crippen LogP contribution < -0.4 is 0 Å². The molecular formula is C23H24N4OS. The zero-order valence-corrected chi connectivity index (χ0v) is 17.9. The van der Waals surface area contributed by atoms with E-state index in [4.69, 9.17) is 4.98 Å². The molecule has 0 aliphatic carbocycles. The fraction of sp³-hybridized carbons (Fsp3) is 0.261. The number of hydrogen-bond acceptors (Lipinski definition) is 4. The Bertz CT molecular complexity index is 1130. The van der Waals surface area contributed by atoms with E-state index in [1.165, 1.54) is 0 Å². The van der Waals surface area contributed by atoms with Gasteiger partial charge in [0.2, 0.25) is 5.91 Å². The van der Waals surface area contributed by atoms with Crippen LogP contribution in [0.4, 0.5) is 0 Å². The second kappa shape index (κ2) is 7.79. The van der Waals surface area contributed by atoms with E-state index >= 15 is 0 Å². The molecule has 6 heteroatoms. The van der Waals surface area contributed by atoms with Crippen LogP contribution in [-0.2, 0) is 11.2 Å².